The number of benzene rings is 1. The molecule has 1 saturated heterocycles. The van der Waals surface area contributed by atoms with E-state index in [4.69, 9.17) is 5.73 Å². The molecule has 1 heterocycles. The molecule has 102 valence electrons. The Morgan fingerprint density at radius 1 is 1.44 bits per heavy atom. The van der Waals surface area contributed by atoms with Crippen molar-refractivity contribution in [3.05, 3.63) is 29.6 Å². The van der Waals surface area contributed by atoms with E-state index in [1.165, 1.54) is 16.4 Å². The first kappa shape index (κ1) is 15.4. The highest BCUT2D eigenvalue weighted by molar-refractivity contribution is 7.89. The maximum Gasteiger partial charge on any atom is 0.243 e. The van der Waals surface area contributed by atoms with Crippen LogP contribution in [0.2, 0.25) is 0 Å². The van der Waals surface area contributed by atoms with Gasteiger partial charge < -0.3 is 5.73 Å². The highest BCUT2D eigenvalue weighted by Gasteiger charge is 2.31. The zero-order valence-electron chi connectivity index (χ0n) is 9.97. The number of nitrogens with two attached hydrogens (primary N) is 1. The molecule has 0 aliphatic carbocycles. The van der Waals surface area contributed by atoms with Crippen molar-refractivity contribution in [3.8, 4) is 0 Å². The van der Waals surface area contributed by atoms with Crippen LogP contribution in [-0.4, -0.2) is 31.9 Å². The molecule has 0 spiro atoms. The maximum absolute atomic E-state index is 13.1. The van der Waals surface area contributed by atoms with Gasteiger partial charge in [0.25, 0.3) is 0 Å². The normalized spacial score (nSPS) is 20.7. The number of hydrogen-bond acceptors (Lipinski definition) is 3. The van der Waals surface area contributed by atoms with E-state index in [0.29, 0.717) is 25.1 Å². The summed E-state index contributed by atoms with van der Waals surface area (Å²) in [6, 6.07) is 3.66. The quantitative estimate of drug-likeness (QED) is 0.894. The second-order valence-corrected chi connectivity index (χ2v) is 6.23. The lowest BCUT2D eigenvalue weighted by atomic mass is 10.2. The smallest absolute Gasteiger partial charge is 0.243 e. The Kier molecular flexibility index (Phi) is 4.72. The summed E-state index contributed by atoms with van der Waals surface area (Å²) in [4.78, 5) is 0.0339. The van der Waals surface area contributed by atoms with Crippen LogP contribution in [0.3, 0.4) is 0 Å². The molecule has 2 rings (SSSR count). The predicted molar refractivity (Wildman–Crippen MR) is 69.7 cm³/mol. The maximum atomic E-state index is 13.1. The van der Waals surface area contributed by atoms with Crippen molar-refractivity contribution in [2.75, 3.05) is 13.1 Å². The summed E-state index contributed by atoms with van der Waals surface area (Å²) >= 11 is 0. The highest BCUT2D eigenvalue weighted by atomic mass is 35.5. The number of nitrogens with zero attached hydrogens (tertiary/aromatic N) is 1. The molecule has 0 amide bonds. The van der Waals surface area contributed by atoms with Crippen LogP contribution in [0.4, 0.5) is 4.39 Å². The van der Waals surface area contributed by atoms with Gasteiger partial charge in [-0.25, -0.2) is 12.8 Å². The second kappa shape index (κ2) is 5.52. The summed E-state index contributed by atoms with van der Waals surface area (Å²) in [5.74, 6) is -0.544. The van der Waals surface area contributed by atoms with Gasteiger partial charge in [0.1, 0.15) is 5.82 Å². The highest BCUT2D eigenvalue weighted by Crippen LogP contribution is 2.23. The summed E-state index contributed by atoms with van der Waals surface area (Å²) in [6.45, 7) is 2.36. The molecule has 2 N–H and O–H groups in total. The molecule has 1 aliphatic heterocycles. The van der Waals surface area contributed by atoms with Crippen molar-refractivity contribution in [1.82, 2.24) is 4.31 Å². The van der Waals surface area contributed by atoms with Crippen LogP contribution < -0.4 is 5.73 Å². The zero-order valence-corrected chi connectivity index (χ0v) is 11.6. The number of hydrogen-bond donors (Lipinski definition) is 1. The number of aryl methyl sites for hydroxylation is 1. The SMILES string of the molecule is Cc1ccc(F)cc1S(=O)(=O)N1CC[C@H](N)C1.Cl. The topological polar surface area (TPSA) is 63.4 Å². The molecule has 7 heteroatoms. The van der Waals surface area contributed by atoms with Crippen molar-refractivity contribution in [1.29, 1.82) is 0 Å². The molecule has 0 radical (unpaired) electrons. The molecule has 0 bridgehead atoms. The molecular formula is C11H16ClFN2O2S. The largest absolute Gasteiger partial charge is 0.326 e. The molecule has 1 aromatic carbocycles. The van der Waals surface area contributed by atoms with Gasteiger partial charge in [0.15, 0.2) is 0 Å². The molecule has 1 aromatic rings. The van der Waals surface area contributed by atoms with Gasteiger partial charge in [-0.05, 0) is 31.0 Å². The summed E-state index contributed by atoms with van der Waals surface area (Å²) in [6.07, 6.45) is 0.646. The first-order chi connectivity index (χ1) is 7.91. The van der Waals surface area contributed by atoms with Crippen molar-refractivity contribution in [2.24, 2.45) is 5.73 Å². The van der Waals surface area contributed by atoms with Crippen LogP contribution in [0, 0.1) is 12.7 Å². The van der Waals surface area contributed by atoms with Crippen LogP contribution in [0.1, 0.15) is 12.0 Å². The van der Waals surface area contributed by atoms with E-state index in [-0.39, 0.29) is 23.3 Å². The van der Waals surface area contributed by atoms with Crippen LogP contribution in [0.25, 0.3) is 0 Å². The van der Waals surface area contributed by atoms with Crippen LogP contribution in [-0.2, 0) is 10.0 Å². The van der Waals surface area contributed by atoms with E-state index < -0.39 is 15.8 Å². The second-order valence-electron chi connectivity index (χ2n) is 4.32. The van der Waals surface area contributed by atoms with Gasteiger partial charge >= 0.3 is 0 Å². The van der Waals surface area contributed by atoms with Gasteiger partial charge in [0.2, 0.25) is 10.0 Å². The van der Waals surface area contributed by atoms with Gasteiger partial charge in [-0.1, -0.05) is 6.07 Å². The summed E-state index contributed by atoms with van der Waals surface area (Å²) in [5.41, 5.74) is 6.24. The Bertz CT molecular complexity index is 536. The van der Waals surface area contributed by atoms with Gasteiger partial charge in [-0.15, -0.1) is 12.4 Å². The fraction of sp³-hybridized carbons (Fsp3) is 0.455. The third-order valence-corrected chi connectivity index (χ3v) is 4.96. The first-order valence-electron chi connectivity index (χ1n) is 5.43. The average molecular weight is 295 g/mol. The van der Waals surface area contributed by atoms with E-state index in [2.05, 4.69) is 0 Å². The van der Waals surface area contributed by atoms with E-state index in [1.54, 1.807) is 6.92 Å². The third-order valence-electron chi connectivity index (χ3n) is 2.96. The monoisotopic (exact) mass is 294 g/mol. The Labute approximate surface area is 112 Å². The molecule has 4 nitrogen and oxygen atoms in total. The Hall–Kier alpha value is -0.690. The Morgan fingerprint density at radius 2 is 2.11 bits per heavy atom. The Morgan fingerprint density at radius 3 is 2.67 bits per heavy atom. The first-order valence-corrected chi connectivity index (χ1v) is 6.87. The molecule has 1 atom stereocenters. The molecule has 18 heavy (non-hydrogen) atoms. The van der Waals surface area contributed by atoms with Crippen molar-refractivity contribution in [2.45, 2.75) is 24.3 Å². The lowest BCUT2D eigenvalue weighted by Gasteiger charge is -2.17. The van der Waals surface area contributed by atoms with E-state index >= 15 is 0 Å². The van der Waals surface area contributed by atoms with Gasteiger partial charge in [0, 0.05) is 19.1 Å². The van der Waals surface area contributed by atoms with E-state index in [9.17, 15) is 12.8 Å². The van der Waals surface area contributed by atoms with Gasteiger partial charge in [-0.3, -0.25) is 0 Å². The summed E-state index contributed by atoms with van der Waals surface area (Å²) in [5, 5.41) is 0. The van der Waals surface area contributed by atoms with Crippen LogP contribution in [0.15, 0.2) is 23.1 Å². The molecule has 0 saturated carbocycles. The molecule has 0 unspecified atom stereocenters. The van der Waals surface area contributed by atoms with Gasteiger partial charge in [0.05, 0.1) is 4.90 Å². The summed E-state index contributed by atoms with van der Waals surface area (Å²) < 4.78 is 39.0. The van der Waals surface area contributed by atoms with Crippen molar-refractivity contribution in [3.63, 3.8) is 0 Å². The molecular weight excluding hydrogens is 279 g/mol. The summed E-state index contributed by atoms with van der Waals surface area (Å²) in [7, 11) is -3.61. The lowest BCUT2D eigenvalue weighted by molar-refractivity contribution is 0.471. The fourth-order valence-corrected chi connectivity index (χ4v) is 3.71. The average Bonchev–Trinajstić information content (AvgIpc) is 2.69. The molecule has 1 aliphatic rings. The predicted octanol–water partition coefficient (Wildman–Crippen LogP) is 1.28. The number of halogens is 2. The minimum absolute atomic E-state index is 0. The minimum atomic E-state index is -3.61. The van der Waals surface area contributed by atoms with Crippen LogP contribution in [0.5, 0.6) is 0 Å². The van der Waals surface area contributed by atoms with E-state index in [1.807, 2.05) is 0 Å². The van der Waals surface area contributed by atoms with Crippen molar-refractivity contribution >= 4 is 22.4 Å². The Balaban J connectivity index is 0.00000162. The standard InChI is InChI=1S/C11H15FN2O2S.ClH/c1-8-2-3-9(12)6-11(8)17(15,16)14-5-4-10(13)7-14;/h2-3,6,10H,4-5,7,13H2,1H3;1H/t10-;/m0./s1. The molecule has 0 aromatic heterocycles. The van der Waals surface area contributed by atoms with Crippen LogP contribution >= 0.6 is 12.4 Å². The fourth-order valence-electron chi connectivity index (χ4n) is 1.96. The zero-order chi connectivity index (χ0) is 12.6. The van der Waals surface area contributed by atoms with E-state index in [0.717, 1.165) is 6.07 Å². The van der Waals surface area contributed by atoms with Crippen molar-refractivity contribution < 1.29 is 12.8 Å². The lowest BCUT2D eigenvalue weighted by Crippen LogP contribution is -2.32. The van der Waals surface area contributed by atoms with Gasteiger partial charge in [-0.2, -0.15) is 4.31 Å². The third kappa shape index (κ3) is 2.83. The number of rotatable bonds is 2. The number of sulfonamides is 1. The molecule has 1 fully saturated rings. The minimum Gasteiger partial charge on any atom is -0.326 e.